The molecule has 1 aliphatic heterocycles. The highest BCUT2D eigenvalue weighted by Gasteiger charge is 2.33. The summed E-state index contributed by atoms with van der Waals surface area (Å²) in [5, 5.41) is 24.6. The van der Waals surface area contributed by atoms with Gasteiger partial charge in [-0.3, -0.25) is 14.9 Å². The minimum Gasteiger partial charge on any atom is -0.492 e. The number of carbonyl (C=O) groups is 1. The third-order valence-corrected chi connectivity index (χ3v) is 5.58. The van der Waals surface area contributed by atoms with E-state index in [1.807, 2.05) is 4.90 Å². The summed E-state index contributed by atoms with van der Waals surface area (Å²) < 4.78 is 21.3. The number of benzene rings is 1. The quantitative estimate of drug-likeness (QED) is 0.434. The molecule has 11 heteroatoms. The monoisotopic (exact) mass is 443 g/mol. The van der Waals surface area contributed by atoms with Gasteiger partial charge in [-0.2, -0.15) is 5.10 Å². The number of fused-ring (bicyclic) bond motifs is 1. The van der Waals surface area contributed by atoms with E-state index in [2.05, 4.69) is 10.1 Å². The lowest BCUT2D eigenvalue weighted by molar-refractivity contribution is -0.383. The summed E-state index contributed by atoms with van der Waals surface area (Å²) >= 11 is 0. The number of ether oxygens (including phenoxy) is 1. The number of hydrogen-bond acceptors (Lipinski definition) is 7. The normalized spacial score (nSPS) is 16.5. The number of hydrogen-bond donors (Lipinski definition) is 1. The Kier molecular flexibility index (Phi) is 5.41. The van der Waals surface area contributed by atoms with Crippen molar-refractivity contribution < 1.29 is 24.0 Å². The molecule has 3 heterocycles. The molecule has 2 aromatic heterocycles. The van der Waals surface area contributed by atoms with Gasteiger partial charge in [-0.15, -0.1) is 0 Å². The van der Waals surface area contributed by atoms with Crippen molar-refractivity contribution in [2.24, 2.45) is 5.41 Å². The van der Waals surface area contributed by atoms with Crippen LogP contribution in [0.4, 0.5) is 15.9 Å². The number of nitrogens with zero attached hydrogens (tertiary/aromatic N) is 5. The van der Waals surface area contributed by atoms with Crippen molar-refractivity contribution in [3.05, 3.63) is 58.2 Å². The Morgan fingerprint density at radius 1 is 1.41 bits per heavy atom. The summed E-state index contributed by atoms with van der Waals surface area (Å²) in [7, 11) is 0. The number of carboxylic acid groups (broad SMARTS) is 1. The molecule has 168 valence electrons. The van der Waals surface area contributed by atoms with Gasteiger partial charge in [0.05, 0.1) is 16.4 Å². The molecule has 1 unspecified atom stereocenters. The predicted octanol–water partition coefficient (Wildman–Crippen LogP) is 3.61. The standard InChI is InChI=1S/C21H22FN5O5/c1-21(2,20(28)29)12-32-17-6-5-13(22)10-14(17)15-4-3-8-25(15)18-7-9-26-19(24-18)16(11-23-26)27(30)31/h5-7,9-11,15H,3-4,8,12H2,1-2H3,(H,28,29). The highest BCUT2D eigenvalue weighted by molar-refractivity contribution is 5.73. The molecule has 1 atom stereocenters. The first-order valence-corrected chi connectivity index (χ1v) is 10.1. The zero-order chi connectivity index (χ0) is 23.0. The fourth-order valence-electron chi connectivity index (χ4n) is 3.73. The Morgan fingerprint density at radius 3 is 2.91 bits per heavy atom. The lowest BCUT2D eigenvalue weighted by Gasteiger charge is -2.28. The van der Waals surface area contributed by atoms with Gasteiger partial charge in [0.2, 0.25) is 5.65 Å². The van der Waals surface area contributed by atoms with Gasteiger partial charge in [0.15, 0.2) is 0 Å². The van der Waals surface area contributed by atoms with Crippen LogP contribution in [0.1, 0.15) is 38.3 Å². The van der Waals surface area contributed by atoms with E-state index in [4.69, 9.17) is 4.74 Å². The maximum Gasteiger partial charge on any atom is 0.333 e. The van der Waals surface area contributed by atoms with Crippen LogP contribution in [0, 0.1) is 21.3 Å². The molecule has 32 heavy (non-hydrogen) atoms. The van der Waals surface area contributed by atoms with Crippen molar-refractivity contribution in [2.45, 2.75) is 32.7 Å². The van der Waals surface area contributed by atoms with Gasteiger partial charge in [-0.1, -0.05) is 0 Å². The van der Waals surface area contributed by atoms with Crippen LogP contribution < -0.4 is 9.64 Å². The fourth-order valence-corrected chi connectivity index (χ4v) is 3.73. The number of halogens is 1. The minimum absolute atomic E-state index is 0.0834. The molecule has 0 aliphatic carbocycles. The van der Waals surface area contributed by atoms with Crippen LogP contribution in [0.25, 0.3) is 5.65 Å². The van der Waals surface area contributed by atoms with Crippen molar-refractivity contribution in [1.29, 1.82) is 0 Å². The number of rotatable bonds is 7. The molecule has 10 nitrogen and oxygen atoms in total. The lowest BCUT2D eigenvalue weighted by atomic mass is 9.95. The highest BCUT2D eigenvalue weighted by atomic mass is 19.1. The van der Waals surface area contributed by atoms with E-state index in [0.29, 0.717) is 30.1 Å². The van der Waals surface area contributed by atoms with Gasteiger partial charge in [-0.05, 0) is 51.0 Å². The average Bonchev–Trinajstić information content (AvgIpc) is 3.39. The van der Waals surface area contributed by atoms with E-state index in [0.717, 1.165) is 12.6 Å². The van der Waals surface area contributed by atoms with E-state index in [1.165, 1.54) is 22.7 Å². The molecule has 0 radical (unpaired) electrons. The van der Waals surface area contributed by atoms with Crippen molar-refractivity contribution in [1.82, 2.24) is 14.6 Å². The third-order valence-electron chi connectivity index (χ3n) is 5.58. The number of carboxylic acids is 1. The Labute approximate surface area is 182 Å². The van der Waals surface area contributed by atoms with Crippen molar-refractivity contribution in [3.8, 4) is 5.75 Å². The molecule has 0 bridgehead atoms. The van der Waals surface area contributed by atoms with Crippen LogP contribution in [0.2, 0.25) is 0 Å². The molecule has 4 rings (SSSR count). The Hall–Kier alpha value is -3.76. The smallest absolute Gasteiger partial charge is 0.333 e. The SMILES string of the molecule is CC(C)(COc1ccc(F)cc1C1CCCN1c1ccn2ncc([N+](=O)[O-])c2n1)C(=O)O. The van der Waals surface area contributed by atoms with E-state index < -0.39 is 22.1 Å². The first-order valence-electron chi connectivity index (χ1n) is 10.1. The van der Waals surface area contributed by atoms with Crippen LogP contribution in [-0.2, 0) is 4.79 Å². The third kappa shape index (κ3) is 3.93. The summed E-state index contributed by atoms with van der Waals surface area (Å²) in [6.45, 7) is 3.64. The number of anilines is 1. The first-order chi connectivity index (χ1) is 15.2. The Morgan fingerprint density at radius 2 is 2.19 bits per heavy atom. The Bertz CT molecular complexity index is 1190. The number of nitro groups is 1. The molecular formula is C21H22FN5O5. The molecule has 1 fully saturated rings. The maximum absolute atomic E-state index is 14.2. The van der Waals surface area contributed by atoms with Crippen LogP contribution in [0.3, 0.4) is 0 Å². The molecular weight excluding hydrogens is 421 g/mol. The lowest BCUT2D eigenvalue weighted by Crippen LogP contribution is -2.31. The summed E-state index contributed by atoms with van der Waals surface area (Å²) in [6, 6.07) is 5.57. The average molecular weight is 443 g/mol. The van der Waals surface area contributed by atoms with Gasteiger partial charge in [-0.25, -0.2) is 13.9 Å². The zero-order valence-electron chi connectivity index (χ0n) is 17.6. The molecule has 0 amide bonds. The topological polar surface area (TPSA) is 123 Å². The van der Waals surface area contributed by atoms with Crippen LogP contribution in [0.15, 0.2) is 36.7 Å². The van der Waals surface area contributed by atoms with Crippen molar-refractivity contribution >= 4 is 23.1 Å². The van der Waals surface area contributed by atoms with E-state index in [1.54, 1.807) is 26.1 Å². The van der Waals surface area contributed by atoms with Gasteiger partial charge in [0, 0.05) is 18.3 Å². The summed E-state index contributed by atoms with van der Waals surface area (Å²) in [5.41, 5.74) is -0.618. The second-order valence-electron chi connectivity index (χ2n) is 8.35. The van der Waals surface area contributed by atoms with Gasteiger partial charge >= 0.3 is 11.7 Å². The maximum atomic E-state index is 14.2. The predicted molar refractivity (Wildman–Crippen MR) is 112 cm³/mol. The van der Waals surface area contributed by atoms with E-state index in [-0.39, 0.29) is 24.0 Å². The second-order valence-corrected chi connectivity index (χ2v) is 8.35. The molecule has 1 N–H and O–H groups in total. The molecule has 0 spiro atoms. The Balaban J connectivity index is 1.69. The molecule has 1 aliphatic rings. The molecule has 0 saturated carbocycles. The number of aromatic nitrogens is 3. The number of aliphatic carboxylic acids is 1. The van der Waals surface area contributed by atoms with Gasteiger partial charge in [0.1, 0.15) is 30.2 Å². The van der Waals surface area contributed by atoms with E-state index >= 15 is 0 Å². The van der Waals surface area contributed by atoms with Crippen LogP contribution >= 0.6 is 0 Å². The largest absolute Gasteiger partial charge is 0.492 e. The van der Waals surface area contributed by atoms with Gasteiger partial charge in [0.25, 0.3) is 0 Å². The molecule has 1 saturated heterocycles. The summed E-state index contributed by atoms with van der Waals surface area (Å²) in [5.74, 6) is -0.534. The van der Waals surface area contributed by atoms with Crippen LogP contribution in [-0.4, -0.2) is 43.7 Å². The zero-order valence-corrected chi connectivity index (χ0v) is 17.6. The second kappa shape index (κ2) is 8.06. The van der Waals surface area contributed by atoms with Gasteiger partial charge < -0.3 is 14.7 Å². The minimum atomic E-state index is -1.12. The highest BCUT2D eigenvalue weighted by Crippen LogP contribution is 2.40. The fraction of sp³-hybridized carbons (Fsp3) is 0.381. The van der Waals surface area contributed by atoms with Crippen LogP contribution in [0.5, 0.6) is 5.75 Å². The van der Waals surface area contributed by atoms with E-state index in [9.17, 15) is 24.4 Å². The first kappa shape index (κ1) is 21.5. The molecule has 1 aromatic carbocycles. The van der Waals surface area contributed by atoms with Crippen molar-refractivity contribution in [3.63, 3.8) is 0 Å². The summed E-state index contributed by atoms with van der Waals surface area (Å²) in [6.07, 6.45) is 4.24. The summed E-state index contributed by atoms with van der Waals surface area (Å²) in [4.78, 5) is 28.6. The molecule has 3 aromatic rings. The van der Waals surface area contributed by atoms with Crippen molar-refractivity contribution in [2.75, 3.05) is 18.1 Å².